The highest BCUT2D eigenvalue weighted by atomic mass is 35.5. The summed E-state index contributed by atoms with van der Waals surface area (Å²) in [5.74, 6) is 0.366. The van der Waals surface area contributed by atoms with E-state index in [1.165, 1.54) is 21.3 Å². The van der Waals surface area contributed by atoms with Gasteiger partial charge in [-0.1, -0.05) is 27.8 Å². The largest absolute Gasteiger partial charge is 0.491 e. The highest BCUT2D eigenvalue weighted by Crippen LogP contribution is 2.50. The normalized spacial score (nSPS) is 10.3. The topological polar surface area (TPSA) is 61.8 Å². The molecule has 18 heavy (non-hydrogen) atoms. The Bertz CT molecular complexity index is 473. The first-order chi connectivity index (χ1) is 8.53. The van der Waals surface area contributed by atoms with Crippen molar-refractivity contribution >= 4 is 37.2 Å². The fraction of sp³-hybridized carbons (Fsp3) is 0.300. The number of benzene rings is 1. The summed E-state index contributed by atoms with van der Waals surface area (Å²) in [7, 11) is 2.87. The minimum Gasteiger partial charge on any atom is -0.491 e. The van der Waals surface area contributed by atoms with E-state index in [0.29, 0.717) is 0 Å². The molecule has 0 spiro atoms. The Hall–Kier alpha value is -1.03. The maximum atomic E-state index is 11.6. The molecular formula is C10H10Cl2O5P+. The van der Waals surface area contributed by atoms with Gasteiger partial charge in [0, 0.05) is 0 Å². The highest BCUT2D eigenvalue weighted by Gasteiger charge is 2.31. The number of hydrogen-bond acceptors (Lipinski definition) is 5. The summed E-state index contributed by atoms with van der Waals surface area (Å²) in [6, 6.07) is 0. The first-order valence-corrected chi connectivity index (χ1v) is 6.29. The zero-order valence-corrected chi connectivity index (χ0v) is 12.3. The van der Waals surface area contributed by atoms with Crippen LogP contribution in [0.15, 0.2) is 0 Å². The lowest BCUT2D eigenvalue weighted by Gasteiger charge is -2.16. The predicted octanol–water partition coefficient (Wildman–Crippen LogP) is 3.18. The number of halogens is 2. The lowest BCUT2D eigenvalue weighted by Crippen LogP contribution is -2.02. The smallest absolute Gasteiger partial charge is 0.406 e. The van der Waals surface area contributed by atoms with Crippen LogP contribution in [0.3, 0.4) is 0 Å². The van der Waals surface area contributed by atoms with Gasteiger partial charge in [0.25, 0.3) is 0 Å². The molecule has 1 atom stereocenters. The molecule has 0 heterocycles. The van der Waals surface area contributed by atoms with E-state index in [0.717, 1.165) is 0 Å². The van der Waals surface area contributed by atoms with E-state index in [4.69, 9.17) is 37.4 Å². The summed E-state index contributed by atoms with van der Waals surface area (Å²) in [6.45, 7) is 0. The predicted molar refractivity (Wildman–Crippen MR) is 69.5 cm³/mol. The van der Waals surface area contributed by atoms with Crippen molar-refractivity contribution in [3.8, 4) is 17.2 Å². The summed E-state index contributed by atoms with van der Waals surface area (Å²) in [6.07, 6.45) is 0. The second kappa shape index (κ2) is 6.23. The van der Waals surface area contributed by atoms with Crippen molar-refractivity contribution in [2.75, 3.05) is 21.3 Å². The van der Waals surface area contributed by atoms with Gasteiger partial charge in [-0.15, -0.1) is 0 Å². The second-order valence-electron chi connectivity index (χ2n) is 3.03. The Kier molecular flexibility index (Phi) is 5.20. The Morgan fingerprint density at radius 1 is 0.944 bits per heavy atom. The lowest BCUT2D eigenvalue weighted by atomic mass is 10.2. The molecule has 0 aliphatic heterocycles. The first kappa shape index (κ1) is 15.0. The maximum Gasteiger partial charge on any atom is 0.406 e. The molecule has 0 N–H and O–H groups in total. The fourth-order valence-electron chi connectivity index (χ4n) is 1.43. The Morgan fingerprint density at radius 2 is 1.33 bits per heavy atom. The molecular weight excluding hydrogens is 302 g/mol. The molecule has 0 aromatic heterocycles. The van der Waals surface area contributed by atoms with Crippen LogP contribution in [0.4, 0.5) is 0 Å². The Labute approximate surface area is 115 Å². The molecule has 8 heteroatoms. The molecule has 0 aliphatic carbocycles. The fourth-order valence-corrected chi connectivity index (χ4v) is 2.67. The lowest BCUT2D eigenvalue weighted by molar-refractivity contribution is 0.108. The van der Waals surface area contributed by atoms with E-state index in [1.54, 1.807) is 0 Å². The maximum absolute atomic E-state index is 11.6. The molecule has 0 saturated heterocycles. The van der Waals surface area contributed by atoms with Crippen LogP contribution in [0.1, 0.15) is 10.4 Å². The number of methoxy groups -OCH3 is 3. The molecule has 1 unspecified atom stereocenters. The van der Waals surface area contributed by atoms with Gasteiger partial charge in [-0.2, -0.15) is 0 Å². The third-order valence-electron chi connectivity index (χ3n) is 2.18. The van der Waals surface area contributed by atoms with Crippen molar-refractivity contribution in [1.29, 1.82) is 0 Å². The van der Waals surface area contributed by atoms with Crippen LogP contribution in [0.5, 0.6) is 17.2 Å². The number of carbonyl (C=O) groups excluding carboxylic acids is 1. The summed E-state index contributed by atoms with van der Waals surface area (Å²) in [5, 5.41) is -0.123. The van der Waals surface area contributed by atoms with E-state index in [1.807, 2.05) is 0 Å². The van der Waals surface area contributed by atoms with Gasteiger partial charge in [0.05, 0.1) is 21.3 Å². The van der Waals surface area contributed by atoms with Crippen molar-refractivity contribution in [3.63, 3.8) is 0 Å². The molecule has 0 radical (unpaired) electrons. The van der Waals surface area contributed by atoms with Crippen LogP contribution in [0.25, 0.3) is 0 Å². The van der Waals surface area contributed by atoms with Gasteiger partial charge in [0.1, 0.15) is 15.6 Å². The average molecular weight is 312 g/mol. The zero-order valence-electron chi connectivity index (χ0n) is 9.80. The minimum atomic E-state index is -1.21. The van der Waals surface area contributed by atoms with E-state index >= 15 is 0 Å². The Balaban J connectivity index is 3.75. The SMILES string of the molecule is COc1c(Cl)c(C(=O)[PH+]=O)c(Cl)c(OC)c1OC. The number of carbonyl (C=O) groups is 1. The molecule has 1 aromatic carbocycles. The van der Waals surface area contributed by atoms with Gasteiger partial charge in [0.2, 0.25) is 5.75 Å². The van der Waals surface area contributed by atoms with E-state index in [2.05, 4.69) is 0 Å². The minimum absolute atomic E-state index is 0.0616. The summed E-state index contributed by atoms with van der Waals surface area (Å²) in [4.78, 5) is 11.6. The molecule has 0 fully saturated rings. The van der Waals surface area contributed by atoms with E-state index < -0.39 is 14.0 Å². The molecule has 5 nitrogen and oxygen atoms in total. The first-order valence-electron chi connectivity index (χ1n) is 4.62. The van der Waals surface area contributed by atoms with Gasteiger partial charge in [-0.05, 0) is 0 Å². The van der Waals surface area contributed by atoms with Crippen molar-refractivity contribution in [2.45, 2.75) is 0 Å². The standard InChI is InChI=1S/C10H9Cl2O5P/c1-15-7-5(11)4(10(13)18-14)6(12)8(16-2)9(7)17-3/h1-3H3/p+1. The van der Waals surface area contributed by atoms with Crippen molar-refractivity contribution < 1.29 is 23.6 Å². The van der Waals surface area contributed by atoms with Gasteiger partial charge in [-0.25, -0.2) is 4.79 Å². The van der Waals surface area contributed by atoms with Crippen LogP contribution >= 0.6 is 31.7 Å². The molecule has 1 aromatic rings. The van der Waals surface area contributed by atoms with Crippen molar-refractivity contribution in [3.05, 3.63) is 15.6 Å². The van der Waals surface area contributed by atoms with E-state index in [9.17, 15) is 9.36 Å². The number of hydrogen-bond donors (Lipinski definition) is 0. The average Bonchev–Trinajstić information content (AvgIpc) is 2.37. The van der Waals surface area contributed by atoms with Gasteiger partial charge in [-0.3, -0.25) is 0 Å². The quantitative estimate of drug-likeness (QED) is 0.781. The second-order valence-corrected chi connectivity index (χ2v) is 4.45. The van der Waals surface area contributed by atoms with Gasteiger partial charge >= 0.3 is 14.0 Å². The number of rotatable bonds is 5. The van der Waals surface area contributed by atoms with Crippen LogP contribution in [0.2, 0.25) is 10.0 Å². The summed E-state index contributed by atoms with van der Waals surface area (Å²) >= 11 is 12.0. The molecule has 0 amide bonds. The molecule has 0 saturated carbocycles. The molecule has 0 aliphatic rings. The third-order valence-corrected chi connectivity index (χ3v) is 3.34. The summed E-state index contributed by atoms with van der Waals surface area (Å²) < 4.78 is 25.9. The monoisotopic (exact) mass is 311 g/mol. The molecule has 98 valence electrons. The number of ether oxygens (including phenoxy) is 3. The van der Waals surface area contributed by atoms with Crippen LogP contribution in [0, 0.1) is 0 Å². The Morgan fingerprint density at radius 3 is 1.61 bits per heavy atom. The van der Waals surface area contributed by atoms with Crippen LogP contribution < -0.4 is 14.2 Å². The van der Waals surface area contributed by atoms with Crippen molar-refractivity contribution in [2.24, 2.45) is 0 Å². The molecule has 1 rings (SSSR count). The van der Waals surface area contributed by atoms with Crippen LogP contribution in [-0.2, 0) is 4.57 Å². The van der Waals surface area contributed by atoms with Crippen LogP contribution in [-0.4, -0.2) is 26.9 Å². The zero-order chi connectivity index (χ0) is 13.9. The molecule has 0 bridgehead atoms. The van der Waals surface area contributed by atoms with Gasteiger partial charge < -0.3 is 14.2 Å². The highest BCUT2D eigenvalue weighted by molar-refractivity contribution is 7.47. The third kappa shape index (κ3) is 2.39. The van der Waals surface area contributed by atoms with Gasteiger partial charge in [0.15, 0.2) is 11.5 Å². The summed E-state index contributed by atoms with van der Waals surface area (Å²) in [5.41, 5.74) is -0.828. The van der Waals surface area contributed by atoms with Crippen molar-refractivity contribution in [1.82, 2.24) is 0 Å². The van der Waals surface area contributed by atoms with E-state index in [-0.39, 0.29) is 32.9 Å².